The van der Waals surface area contributed by atoms with Crippen LogP contribution >= 0.6 is 0 Å². The number of rotatable bonds is 10. The first kappa shape index (κ1) is 32.0. The van der Waals surface area contributed by atoms with Gasteiger partial charge in [0.15, 0.2) is 5.60 Å². The summed E-state index contributed by atoms with van der Waals surface area (Å²) >= 11 is 0. The molecule has 0 radical (unpaired) electrons. The van der Waals surface area contributed by atoms with Crippen LogP contribution in [0.3, 0.4) is 0 Å². The van der Waals surface area contributed by atoms with Crippen LogP contribution in [0.15, 0.2) is 66.7 Å². The Balaban J connectivity index is 1.49. The zero-order valence-corrected chi connectivity index (χ0v) is 26.0. The van der Waals surface area contributed by atoms with Crippen LogP contribution < -0.4 is 18.9 Å². The smallest absolute Gasteiger partial charge is 0.309 e. The molecule has 6 rings (SSSR count). The first-order valence-corrected chi connectivity index (χ1v) is 14.9. The lowest BCUT2D eigenvalue weighted by Gasteiger charge is -2.40. The number of aliphatic hydroxyl groups is 3. The number of hydrogen-bond acceptors (Lipinski definition) is 12. The predicted octanol–water partition coefficient (Wildman–Crippen LogP) is 2.60. The number of hydrogen-bond donors (Lipinski definition) is 3. The highest BCUT2D eigenvalue weighted by molar-refractivity contribution is 5.77. The second kappa shape index (κ2) is 12.7. The molecular formula is C34H38O12. The van der Waals surface area contributed by atoms with E-state index in [4.69, 9.17) is 37.9 Å². The molecule has 1 saturated heterocycles. The molecule has 8 atom stereocenters. The van der Waals surface area contributed by atoms with Crippen LogP contribution in [0.1, 0.15) is 29.0 Å². The Morgan fingerprint density at radius 2 is 1.72 bits per heavy atom. The molecule has 0 spiro atoms. The van der Waals surface area contributed by atoms with Gasteiger partial charge < -0.3 is 53.2 Å². The van der Waals surface area contributed by atoms with E-state index in [-0.39, 0.29) is 30.3 Å². The van der Waals surface area contributed by atoms with Crippen LogP contribution in [-0.4, -0.2) is 87.7 Å². The number of carbonyl (C=O) groups excluding carboxylic acids is 1. The van der Waals surface area contributed by atoms with E-state index in [9.17, 15) is 20.1 Å². The lowest BCUT2D eigenvalue weighted by Crippen LogP contribution is -2.52. The molecule has 2 aliphatic heterocycles. The normalized spacial score (nSPS) is 30.5. The lowest BCUT2D eigenvalue weighted by atomic mass is 9.70. The van der Waals surface area contributed by atoms with Gasteiger partial charge in [0.1, 0.15) is 40.8 Å². The zero-order valence-electron chi connectivity index (χ0n) is 26.0. The molecule has 0 bridgehead atoms. The molecule has 3 aromatic carbocycles. The molecule has 246 valence electrons. The van der Waals surface area contributed by atoms with Gasteiger partial charge in [-0.15, -0.1) is 0 Å². The van der Waals surface area contributed by atoms with E-state index < -0.39 is 60.4 Å². The van der Waals surface area contributed by atoms with Gasteiger partial charge in [-0.3, -0.25) is 4.79 Å². The van der Waals surface area contributed by atoms with Crippen molar-refractivity contribution in [2.24, 2.45) is 5.92 Å². The molecule has 1 saturated carbocycles. The Bertz CT molecular complexity index is 1530. The number of carbonyl (C=O) groups is 1. The fourth-order valence-electron chi connectivity index (χ4n) is 7.09. The fraction of sp³-hybridized carbons (Fsp3) is 0.441. The van der Waals surface area contributed by atoms with Crippen LogP contribution in [0.4, 0.5) is 0 Å². The van der Waals surface area contributed by atoms with E-state index in [2.05, 4.69) is 0 Å². The third kappa shape index (κ3) is 5.05. The molecule has 46 heavy (non-hydrogen) atoms. The van der Waals surface area contributed by atoms with Crippen molar-refractivity contribution in [1.82, 2.24) is 0 Å². The molecule has 1 aliphatic carbocycles. The van der Waals surface area contributed by atoms with Crippen molar-refractivity contribution in [1.29, 1.82) is 0 Å². The Labute approximate surface area is 266 Å². The zero-order chi connectivity index (χ0) is 32.6. The Morgan fingerprint density at radius 1 is 0.978 bits per heavy atom. The summed E-state index contributed by atoms with van der Waals surface area (Å²) in [5.41, 5.74) is -1.54. The maximum atomic E-state index is 13.4. The van der Waals surface area contributed by atoms with Gasteiger partial charge in [-0.1, -0.05) is 42.5 Å². The average Bonchev–Trinajstić information content (AvgIpc) is 3.51. The van der Waals surface area contributed by atoms with E-state index in [1.165, 1.54) is 21.3 Å². The first-order chi connectivity index (χ1) is 22.2. The molecular weight excluding hydrogens is 600 g/mol. The molecule has 0 aromatic heterocycles. The van der Waals surface area contributed by atoms with Crippen molar-refractivity contribution >= 4 is 5.97 Å². The van der Waals surface area contributed by atoms with E-state index in [0.717, 1.165) is 5.56 Å². The van der Waals surface area contributed by atoms with Gasteiger partial charge in [-0.2, -0.15) is 0 Å². The summed E-state index contributed by atoms with van der Waals surface area (Å²) in [6.45, 7) is -0.545. The second-order valence-corrected chi connectivity index (χ2v) is 11.5. The van der Waals surface area contributed by atoms with Crippen LogP contribution in [0.25, 0.3) is 0 Å². The Kier molecular flexibility index (Phi) is 8.85. The standard InChI is InChI=1S/C34H38O12/c1-39-21-12-10-20(11-13-21)34-28(19-8-6-5-7-9-19)23(30(37)41-3)16-33(34,38)29-25(40-2)14-22(15-26(29)46-34)44-32-31(42-4)43-18-27(45-32)24(36)17-35/h5-15,23-24,27-28,31-32,35-36,38H,16-18H2,1-4H3/t23-,24?,27?,28+,31?,32?,33+,34-/m0/s1. The molecule has 0 amide bonds. The van der Waals surface area contributed by atoms with Crippen molar-refractivity contribution in [3.63, 3.8) is 0 Å². The summed E-state index contributed by atoms with van der Waals surface area (Å²) in [5, 5.41) is 32.6. The Morgan fingerprint density at radius 3 is 2.35 bits per heavy atom. The highest BCUT2D eigenvalue weighted by atomic mass is 16.8. The number of benzene rings is 3. The van der Waals surface area contributed by atoms with Crippen molar-refractivity contribution in [3.05, 3.63) is 83.4 Å². The number of esters is 1. The van der Waals surface area contributed by atoms with Gasteiger partial charge in [0.25, 0.3) is 6.29 Å². The molecule has 2 heterocycles. The summed E-state index contributed by atoms with van der Waals surface area (Å²) < 4.78 is 46.6. The predicted molar refractivity (Wildman–Crippen MR) is 161 cm³/mol. The molecule has 3 N–H and O–H groups in total. The van der Waals surface area contributed by atoms with Crippen molar-refractivity contribution < 1.29 is 58.0 Å². The van der Waals surface area contributed by atoms with Gasteiger partial charge in [-0.05, 0) is 29.7 Å². The van der Waals surface area contributed by atoms with Gasteiger partial charge in [-0.25, -0.2) is 0 Å². The molecule has 4 unspecified atom stereocenters. The number of methoxy groups -OCH3 is 4. The second-order valence-electron chi connectivity index (χ2n) is 11.5. The van der Waals surface area contributed by atoms with Crippen LogP contribution in [0, 0.1) is 5.92 Å². The summed E-state index contributed by atoms with van der Waals surface area (Å²) in [4.78, 5) is 13.4. The van der Waals surface area contributed by atoms with E-state index >= 15 is 0 Å². The number of fused-ring (bicyclic) bond motifs is 3. The van der Waals surface area contributed by atoms with Gasteiger partial charge in [0.2, 0.25) is 6.29 Å². The molecule has 3 aliphatic rings. The average molecular weight is 639 g/mol. The first-order valence-electron chi connectivity index (χ1n) is 14.9. The minimum Gasteiger partial charge on any atom is -0.497 e. The Hall–Kier alpha value is -3.91. The number of ether oxygens (including phenoxy) is 8. The van der Waals surface area contributed by atoms with Crippen LogP contribution in [-0.2, 0) is 34.9 Å². The highest BCUT2D eigenvalue weighted by Crippen LogP contribution is 2.70. The molecule has 2 fully saturated rings. The molecule has 3 aromatic rings. The third-order valence-electron chi connectivity index (χ3n) is 9.15. The summed E-state index contributed by atoms with van der Waals surface area (Å²) in [6, 6.07) is 19.8. The lowest BCUT2D eigenvalue weighted by molar-refractivity contribution is -0.324. The van der Waals surface area contributed by atoms with Crippen molar-refractivity contribution in [2.75, 3.05) is 41.7 Å². The monoisotopic (exact) mass is 638 g/mol. The van der Waals surface area contributed by atoms with E-state index in [0.29, 0.717) is 16.9 Å². The van der Waals surface area contributed by atoms with Gasteiger partial charge in [0, 0.05) is 25.2 Å². The maximum Gasteiger partial charge on any atom is 0.309 e. The SMILES string of the molecule is COC(=O)[C@H]1C[C@@]2(O)c3c(OC)cc(OC4OC(C(O)CO)COC4OC)cc3O[C@@]2(c2ccc(OC)cc2)[C@@H]1c1ccccc1. The quantitative estimate of drug-likeness (QED) is 0.280. The van der Waals surface area contributed by atoms with Gasteiger partial charge >= 0.3 is 5.97 Å². The van der Waals surface area contributed by atoms with E-state index in [1.807, 2.05) is 42.5 Å². The molecule has 12 nitrogen and oxygen atoms in total. The maximum absolute atomic E-state index is 13.4. The summed E-state index contributed by atoms with van der Waals surface area (Å²) in [5.74, 6) is -0.575. The summed E-state index contributed by atoms with van der Waals surface area (Å²) in [6.07, 6.45) is -4.17. The minimum atomic E-state index is -1.77. The topological polar surface area (TPSA) is 152 Å². The third-order valence-corrected chi connectivity index (χ3v) is 9.15. The highest BCUT2D eigenvalue weighted by Gasteiger charge is 2.73. The van der Waals surface area contributed by atoms with Crippen molar-refractivity contribution in [3.8, 4) is 23.0 Å². The largest absolute Gasteiger partial charge is 0.497 e. The molecule has 12 heteroatoms. The summed E-state index contributed by atoms with van der Waals surface area (Å²) in [7, 11) is 5.78. The van der Waals surface area contributed by atoms with Gasteiger partial charge in [0.05, 0.1) is 46.0 Å². The van der Waals surface area contributed by atoms with E-state index in [1.54, 1.807) is 31.4 Å². The fourth-order valence-corrected chi connectivity index (χ4v) is 7.09. The van der Waals surface area contributed by atoms with Crippen molar-refractivity contribution in [2.45, 2.75) is 48.3 Å². The van der Waals surface area contributed by atoms with Crippen LogP contribution in [0.5, 0.6) is 23.0 Å². The minimum absolute atomic E-state index is 0.0175. The number of aliphatic hydroxyl groups excluding tert-OH is 2. The van der Waals surface area contributed by atoms with Crippen LogP contribution in [0.2, 0.25) is 0 Å².